The van der Waals surface area contributed by atoms with E-state index in [2.05, 4.69) is 25.5 Å². The number of aliphatic hydroxyl groups is 1. The molecular weight excluding hydrogens is 266 g/mol. The van der Waals surface area contributed by atoms with E-state index in [9.17, 15) is 5.11 Å². The van der Waals surface area contributed by atoms with Gasteiger partial charge in [-0.15, -0.1) is 0 Å². The van der Waals surface area contributed by atoms with Crippen LogP contribution in [0.3, 0.4) is 0 Å². The predicted molar refractivity (Wildman–Crippen MR) is 83.5 cm³/mol. The molecule has 116 valence electrons. The lowest BCUT2D eigenvalue weighted by Gasteiger charge is -2.49. The topological polar surface area (TPSA) is 73.3 Å². The molecule has 2 fully saturated rings. The van der Waals surface area contributed by atoms with Gasteiger partial charge >= 0.3 is 0 Å². The fraction of sp³-hybridized carbons (Fsp3) is 0.733. The zero-order chi connectivity index (χ0) is 14.7. The highest BCUT2D eigenvalue weighted by Crippen LogP contribution is 2.43. The Morgan fingerprint density at radius 1 is 1.43 bits per heavy atom. The summed E-state index contributed by atoms with van der Waals surface area (Å²) in [5, 5.41) is 16.1. The maximum absolute atomic E-state index is 9.67. The second kappa shape index (κ2) is 6.15. The highest BCUT2D eigenvalue weighted by atomic mass is 16.3. The minimum Gasteiger partial charge on any atom is -0.396 e. The summed E-state index contributed by atoms with van der Waals surface area (Å²) < 4.78 is 0. The molecule has 3 heterocycles. The molecule has 0 radical (unpaired) electrons. The molecular formula is C15H25N5O. The Labute approximate surface area is 126 Å². The quantitative estimate of drug-likeness (QED) is 0.761. The van der Waals surface area contributed by atoms with Crippen molar-refractivity contribution in [2.45, 2.75) is 19.3 Å². The fourth-order valence-electron chi connectivity index (χ4n) is 3.74. The SMILES string of the molecule is CNc1ccnc(N2CCC3(CCNC[C@H]3CO)CC2)n1. The fourth-order valence-corrected chi connectivity index (χ4v) is 3.74. The molecule has 0 amide bonds. The lowest BCUT2D eigenvalue weighted by atomic mass is 9.65. The summed E-state index contributed by atoms with van der Waals surface area (Å²) in [6.45, 7) is 4.26. The number of hydrogen-bond acceptors (Lipinski definition) is 6. The molecule has 1 aromatic heterocycles. The molecule has 3 N–H and O–H groups in total. The van der Waals surface area contributed by atoms with Crippen LogP contribution < -0.4 is 15.5 Å². The first kappa shape index (κ1) is 14.5. The summed E-state index contributed by atoms with van der Waals surface area (Å²) in [5.74, 6) is 2.06. The van der Waals surface area contributed by atoms with E-state index in [1.165, 1.54) is 6.42 Å². The molecule has 0 saturated carbocycles. The minimum atomic E-state index is 0.290. The summed E-state index contributed by atoms with van der Waals surface area (Å²) in [6.07, 6.45) is 5.21. The number of aliphatic hydroxyl groups excluding tert-OH is 1. The Balaban J connectivity index is 1.69. The van der Waals surface area contributed by atoms with Gasteiger partial charge in [0.1, 0.15) is 5.82 Å². The molecule has 0 unspecified atom stereocenters. The van der Waals surface area contributed by atoms with Gasteiger partial charge in [-0.05, 0) is 37.3 Å². The molecule has 2 aliphatic heterocycles. The normalized spacial score (nSPS) is 25.0. The van der Waals surface area contributed by atoms with Crippen molar-refractivity contribution in [2.75, 3.05) is 50.1 Å². The number of rotatable bonds is 3. The zero-order valence-corrected chi connectivity index (χ0v) is 12.7. The van der Waals surface area contributed by atoms with Gasteiger partial charge in [0.25, 0.3) is 0 Å². The largest absolute Gasteiger partial charge is 0.396 e. The summed E-state index contributed by atoms with van der Waals surface area (Å²) >= 11 is 0. The van der Waals surface area contributed by atoms with Crippen molar-refractivity contribution in [1.29, 1.82) is 0 Å². The summed E-state index contributed by atoms with van der Waals surface area (Å²) in [5.41, 5.74) is 0.303. The summed E-state index contributed by atoms with van der Waals surface area (Å²) in [4.78, 5) is 11.2. The van der Waals surface area contributed by atoms with Crippen molar-refractivity contribution in [1.82, 2.24) is 15.3 Å². The number of piperidine rings is 2. The van der Waals surface area contributed by atoms with Crippen LogP contribution in [-0.2, 0) is 0 Å². The summed E-state index contributed by atoms with van der Waals surface area (Å²) in [6, 6.07) is 1.88. The van der Waals surface area contributed by atoms with E-state index in [1.807, 2.05) is 13.1 Å². The maximum Gasteiger partial charge on any atom is 0.227 e. The van der Waals surface area contributed by atoms with Crippen molar-refractivity contribution < 1.29 is 5.11 Å². The van der Waals surface area contributed by atoms with Crippen LogP contribution in [0.1, 0.15) is 19.3 Å². The number of nitrogens with one attached hydrogen (secondary N) is 2. The minimum absolute atomic E-state index is 0.290. The standard InChI is InChI=1S/C15H25N5O/c1-16-13-2-6-18-14(19-13)20-8-4-15(5-9-20)3-7-17-10-12(15)11-21/h2,6,12,17,21H,3-5,7-11H2,1H3,(H,16,18,19)/t12-/m0/s1. The van der Waals surface area contributed by atoms with E-state index >= 15 is 0 Å². The number of aromatic nitrogens is 2. The number of anilines is 2. The highest BCUT2D eigenvalue weighted by molar-refractivity contribution is 5.41. The molecule has 2 saturated heterocycles. The molecule has 2 aliphatic rings. The van der Waals surface area contributed by atoms with E-state index in [0.717, 1.165) is 50.8 Å². The molecule has 6 heteroatoms. The van der Waals surface area contributed by atoms with E-state index in [1.54, 1.807) is 6.20 Å². The number of nitrogens with zero attached hydrogens (tertiary/aromatic N) is 3. The first-order valence-electron chi connectivity index (χ1n) is 7.85. The van der Waals surface area contributed by atoms with Gasteiger partial charge in [0.05, 0.1) is 0 Å². The second-order valence-electron chi connectivity index (χ2n) is 6.17. The Bertz CT molecular complexity index is 473. The second-order valence-corrected chi connectivity index (χ2v) is 6.17. The van der Waals surface area contributed by atoms with Gasteiger partial charge < -0.3 is 20.6 Å². The van der Waals surface area contributed by atoms with Gasteiger partial charge in [-0.2, -0.15) is 4.98 Å². The Morgan fingerprint density at radius 3 is 2.95 bits per heavy atom. The van der Waals surface area contributed by atoms with Gasteiger partial charge in [-0.3, -0.25) is 0 Å². The van der Waals surface area contributed by atoms with Crippen molar-refractivity contribution in [3.63, 3.8) is 0 Å². The average molecular weight is 291 g/mol. The molecule has 1 aromatic rings. The van der Waals surface area contributed by atoms with Gasteiger partial charge in [-0.25, -0.2) is 4.98 Å². The first-order valence-corrected chi connectivity index (χ1v) is 7.85. The van der Waals surface area contributed by atoms with Crippen molar-refractivity contribution in [3.05, 3.63) is 12.3 Å². The Morgan fingerprint density at radius 2 is 2.24 bits per heavy atom. The monoisotopic (exact) mass is 291 g/mol. The average Bonchev–Trinajstić information content (AvgIpc) is 2.56. The third kappa shape index (κ3) is 2.82. The molecule has 6 nitrogen and oxygen atoms in total. The highest BCUT2D eigenvalue weighted by Gasteiger charge is 2.42. The van der Waals surface area contributed by atoms with Crippen LogP contribution in [0.4, 0.5) is 11.8 Å². The molecule has 1 atom stereocenters. The molecule has 0 aromatic carbocycles. The molecule has 21 heavy (non-hydrogen) atoms. The zero-order valence-electron chi connectivity index (χ0n) is 12.7. The molecule has 0 aliphatic carbocycles. The predicted octanol–water partition coefficient (Wildman–Crippen LogP) is 0.707. The van der Waals surface area contributed by atoms with Crippen LogP contribution in [0.2, 0.25) is 0 Å². The van der Waals surface area contributed by atoms with Crippen molar-refractivity contribution >= 4 is 11.8 Å². The van der Waals surface area contributed by atoms with Crippen LogP contribution in [-0.4, -0.2) is 54.9 Å². The van der Waals surface area contributed by atoms with Crippen LogP contribution in [0.5, 0.6) is 0 Å². The molecule has 0 bridgehead atoms. The van der Waals surface area contributed by atoms with E-state index < -0.39 is 0 Å². The lowest BCUT2D eigenvalue weighted by Crippen LogP contribution is -2.52. The Kier molecular flexibility index (Phi) is 4.26. The summed E-state index contributed by atoms with van der Waals surface area (Å²) in [7, 11) is 1.87. The van der Waals surface area contributed by atoms with Gasteiger partial charge in [0.15, 0.2) is 0 Å². The van der Waals surface area contributed by atoms with Gasteiger partial charge in [-0.1, -0.05) is 0 Å². The van der Waals surface area contributed by atoms with Crippen molar-refractivity contribution in [2.24, 2.45) is 11.3 Å². The smallest absolute Gasteiger partial charge is 0.227 e. The van der Waals surface area contributed by atoms with E-state index in [4.69, 9.17) is 0 Å². The van der Waals surface area contributed by atoms with Gasteiger partial charge in [0.2, 0.25) is 5.95 Å². The maximum atomic E-state index is 9.67. The van der Waals surface area contributed by atoms with E-state index in [-0.39, 0.29) is 0 Å². The van der Waals surface area contributed by atoms with Gasteiger partial charge in [0, 0.05) is 45.4 Å². The van der Waals surface area contributed by atoms with Crippen LogP contribution in [0, 0.1) is 11.3 Å². The third-order valence-corrected chi connectivity index (χ3v) is 5.22. The third-order valence-electron chi connectivity index (χ3n) is 5.22. The lowest BCUT2D eigenvalue weighted by molar-refractivity contribution is 0.0325. The van der Waals surface area contributed by atoms with Crippen LogP contribution in [0.15, 0.2) is 12.3 Å². The molecule has 3 rings (SSSR count). The Hall–Kier alpha value is -1.40. The first-order chi connectivity index (χ1) is 10.3. The van der Waals surface area contributed by atoms with Crippen LogP contribution in [0.25, 0.3) is 0 Å². The van der Waals surface area contributed by atoms with Crippen LogP contribution >= 0.6 is 0 Å². The van der Waals surface area contributed by atoms with Crippen molar-refractivity contribution in [3.8, 4) is 0 Å². The molecule has 1 spiro atoms. The van der Waals surface area contributed by atoms with E-state index in [0.29, 0.717) is 17.9 Å². The number of hydrogen-bond donors (Lipinski definition) is 3.